The van der Waals surface area contributed by atoms with Crippen LogP contribution in [0.4, 0.5) is 5.82 Å². The third kappa shape index (κ3) is 3.26. The molecule has 0 radical (unpaired) electrons. The van der Waals surface area contributed by atoms with Crippen LogP contribution in [0.2, 0.25) is 0 Å². The van der Waals surface area contributed by atoms with Gasteiger partial charge < -0.3 is 5.32 Å². The third-order valence-electron chi connectivity index (χ3n) is 3.93. The summed E-state index contributed by atoms with van der Waals surface area (Å²) < 4.78 is 1.65. The standard InChI is InChI=1S/C15H19N5O/c1-11-2-7-15(21)20(19-11)13-5-3-12(4-6-13)18-14-8-9-16-10-17-14/h2,7-10,12-13H,3-6H2,1H3,(H,16,17,18). The van der Waals surface area contributed by atoms with Gasteiger partial charge in [0.15, 0.2) is 0 Å². The van der Waals surface area contributed by atoms with E-state index in [0.717, 1.165) is 37.2 Å². The quantitative estimate of drug-likeness (QED) is 0.933. The molecule has 6 nitrogen and oxygen atoms in total. The highest BCUT2D eigenvalue weighted by atomic mass is 16.1. The van der Waals surface area contributed by atoms with Gasteiger partial charge in [-0.1, -0.05) is 0 Å². The van der Waals surface area contributed by atoms with Crippen molar-refractivity contribution >= 4 is 5.82 Å². The van der Waals surface area contributed by atoms with Crippen molar-refractivity contribution in [1.29, 1.82) is 0 Å². The molecule has 110 valence electrons. The number of hydrogen-bond donors (Lipinski definition) is 1. The van der Waals surface area contributed by atoms with E-state index in [9.17, 15) is 4.79 Å². The smallest absolute Gasteiger partial charge is 0.267 e. The normalized spacial score (nSPS) is 22.0. The van der Waals surface area contributed by atoms with Crippen molar-refractivity contribution in [1.82, 2.24) is 19.7 Å². The second-order valence-electron chi connectivity index (χ2n) is 5.50. The Kier molecular flexibility index (Phi) is 3.94. The minimum Gasteiger partial charge on any atom is -0.367 e. The average Bonchev–Trinajstić information content (AvgIpc) is 2.52. The summed E-state index contributed by atoms with van der Waals surface area (Å²) in [6.45, 7) is 1.91. The molecule has 6 heteroatoms. The molecule has 1 N–H and O–H groups in total. The van der Waals surface area contributed by atoms with Gasteiger partial charge in [-0.2, -0.15) is 5.10 Å². The van der Waals surface area contributed by atoms with Crippen LogP contribution in [0, 0.1) is 6.92 Å². The number of anilines is 1. The van der Waals surface area contributed by atoms with E-state index in [4.69, 9.17) is 0 Å². The Morgan fingerprint density at radius 2 is 2.00 bits per heavy atom. The van der Waals surface area contributed by atoms with Gasteiger partial charge in [0, 0.05) is 18.3 Å². The summed E-state index contributed by atoms with van der Waals surface area (Å²) in [7, 11) is 0. The minimum atomic E-state index is -0.00666. The third-order valence-corrected chi connectivity index (χ3v) is 3.93. The molecule has 0 unspecified atom stereocenters. The fraction of sp³-hybridized carbons (Fsp3) is 0.467. The van der Waals surface area contributed by atoms with Crippen LogP contribution < -0.4 is 10.9 Å². The molecule has 0 aromatic carbocycles. The number of nitrogens with one attached hydrogen (secondary N) is 1. The van der Waals surface area contributed by atoms with Gasteiger partial charge in [-0.05, 0) is 44.7 Å². The zero-order chi connectivity index (χ0) is 14.7. The molecule has 0 atom stereocenters. The summed E-state index contributed by atoms with van der Waals surface area (Å²) >= 11 is 0. The molecule has 0 amide bonds. The van der Waals surface area contributed by atoms with Crippen molar-refractivity contribution in [3.63, 3.8) is 0 Å². The van der Waals surface area contributed by atoms with Crippen LogP contribution in [0.1, 0.15) is 37.4 Å². The number of nitrogens with zero attached hydrogens (tertiary/aromatic N) is 4. The van der Waals surface area contributed by atoms with E-state index in [0.29, 0.717) is 6.04 Å². The Morgan fingerprint density at radius 1 is 1.19 bits per heavy atom. The van der Waals surface area contributed by atoms with E-state index in [-0.39, 0.29) is 11.6 Å². The molecule has 1 aliphatic carbocycles. The van der Waals surface area contributed by atoms with Gasteiger partial charge in [0.05, 0.1) is 11.7 Å². The number of aromatic nitrogens is 4. The minimum absolute atomic E-state index is 0.00666. The fourth-order valence-electron chi connectivity index (χ4n) is 2.83. The monoisotopic (exact) mass is 285 g/mol. The Labute approximate surface area is 123 Å². The van der Waals surface area contributed by atoms with Crippen LogP contribution >= 0.6 is 0 Å². The molecule has 0 aliphatic heterocycles. The predicted molar refractivity (Wildman–Crippen MR) is 80.2 cm³/mol. The largest absolute Gasteiger partial charge is 0.367 e. The van der Waals surface area contributed by atoms with Gasteiger partial charge in [-0.15, -0.1) is 0 Å². The predicted octanol–water partition coefficient (Wildman–Crippen LogP) is 1.94. The van der Waals surface area contributed by atoms with Gasteiger partial charge >= 0.3 is 0 Å². The Morgan fingerprint density at radius 3 is 2.71 bits per heavy atom. The first-order valence-corrected chi connectivity index (χ1v) is 7.31. The van der Waals surface area contributed by atoms with Gasteiger partial charge in [-0.3, -0.25) is 4.79 Å². The van der Waals surface area contributed by atoms with Gasteiger partial charge in [0.2, 0.25) is 0 Å². The molecule has 1 fully saturated rings. The van der Waals surface area contributed by atoms with Crippen molar-refractivity contribution in [2.75, 3.05) is 5.32 Å². The lowest BCUT2D eigenvalue weighted by Gasteiger charge is -2.29. The van der Waals surface area contributed by atoms with Crippen molar-refractivity contribution in [3.05, 3.63) is 46.8 Å². The molecule has 2 aromatic heterocycles. The van der Waals surface area contributed by atoms with E-state index in [1.54, 1.807) is 29.3 Å². The highest BCUT2D eigenvalue weighted by molar-refractivity contribution is 5.33. The molecule has 2 heterocycles. The first-order valence-electron chi connectivity index (χ1n) is 7.31. The van der Waals surface area contributed by atoms with Gasteiger partial charge in [0.25, 0.3) is 5.56 Å². The summed E-state index contributed by atoms with van der Waals surface area (Å²) in [5.41, 5.74) is 0.878. The molecule has 0 saturated heterocycles. The lowest BCUT2D eigenvalue weighted by atomic mass is 9.91. The fourth-order valence-corrected chi connectivity index (χ4v) is 2.83. The number of hydrogen-bond acceptors (Lipinski definition) is 5. The number of rotatable bonds is 3. The van der Waals surface area contributed by atoms with Gasteiger partial charge in [0.1, 0.15) is 12.1 Å². The Balaban J connectivity index is 1.63. The van der Waals surface area contributed by atoms with Gasteiger partial charge in [-0.25, -0.2) is 14.6 Å². The van der Waals surface area contributed by atoms with Crippen LogP contribution in [-0.4, -0.2) is 25.8 Å². The molecule has 0 spiro atoms. The van der Waals surface area contributed by atoms with Crippen molar-refractivity contribution < 1.29 is 0 Å². The van der Waals surface area contributed by atoms with Crippen LogP contribution in [0.5, 0.6) is 0 Å². The Bertz CT molecular complexity index is 647. The van der Waals surface area contributed by atoms with E-state index >= 15 is 0 Å². The van der Waals surface area contributed by atoms with Crippen molar-refractivity contribution in [3.8, 4) is 0 Å². The average molecular weight is 285 g/mol. The first-order chi connectivity index (χ1) is 10.2. The lowest BCUT2D eigenvalue weighted by molar-refractivity contribution is 0.302. The summed E-state index contributed by atoms with van der Waals surface area (Å²) in [5, 5.41) is 7.79. The topological polar surface area (TPSA) is 72.7 Å². The van der Waals surface area contributed by atoms with E-state index in [1.807, 2.05) is 13.0 Å². The maximum Gasteiger partial charge on any atom is 0.267 e. The molecule has 1 aliphatic rings. The highest BCUT2D eigenvalue weighted by Crippen LogP contribution is 2.28. The molecular formula is C15H19N5O. The summed E-state index contributed by atoms with van der Waals surface area (Å²) in [6, 6.07) is 5.85. The molecule has 21 heavy (non-hydrogen) atoms. The van der Waals surface area contributed by atoms with Crippen molar-refractivity contribution in [2.24, 2.45) is 0 Å². The lowest BCUT2D eigenvalue weighted by Crippen LogP contribution is -2.33. The van der Waals surface area contributed by atoms with Crippen LogP contribution in [0.15, 0.2) is 35.5 Å². The highest BCUT2D eigenvalue weighted by Gasteiger charge is 2.23. The zero-order valence-electron chi connectivity index (χ0n) is 12.1. The van der Waals surface area contributed by atoms with E-state index in [2.05, 4.69) is 20.4 Å². The van der Waals surface area contributed by atoms with Crippen molar-refractivity contribution in [2.45, 2.75) is 44.7 Å². The zero-order valence-corrected chi connectivity index (χ0v) is 12.1. The maximum absolute atomic E-state index is 11.9. The SMILES string of the molecule is Cc1ccc(=O)n(C2CCC(Nc3ccncn3)CC2)n1. The first kappa shape index (κ1) is 13.7. The molecule has 1 saturated carbocycles. The number of aryl methyl sites for hydroxylation is 1. The second-order valence-corrected chi connectivity index (χ2v) is 5.50. The second kappa shape index (κ2) is 6.03. The molecular weight excluding hydrogens is 266 g/mol. The molecule has 3 rings (SSSR count). The summed E-state index contributed by atoms with van der Waals surface area (Å²) in [4.78, 5) is 20.0. The molecule has 2 aromatic rings. The van der Waals surface area contributed by atoms with Crippen LogP contribution in [0.25, 0.3) is 0 Å². The molecule has 0 bridgehead atoms. The van der Waals surface area contributed by atoms with Crippen LogP contribution in [0.3, 0.4) is 0 Å². The van der Waals surface area contributed by atoms with Crippen LogP contribution in [-0.2, 0) is 0 Å². The summed E-state index contributed by atoms with van der Waals surface area (Å²) in [6.07, 6.45) is 7.22. The van der Waals surface area contributed by atoms with E-state index < -0.39 is 0 Å². The maximum atomic E-state index is 11.9. The summed E-state index contributed by atoms with van der Waals surface area (Å²) in [5.74, 6) is 0.860. The van der Waals surface area contributed by atoms with E-state index in [1.165, 1.54) is 0 Å². The Hall–Kier alpha value is -2.24.